The molecule has 2 aromatic rings. The second-order valence-electron chi connectivity index (χ2n) is 4.61. The van der Waals surface area contributed by atoms with E-state index < -0.39 is 10.1 Å². The predicted octanol–water partition coefficient (Wildman–Crippen LogP) is 2.70. The van der Waals surface area contributed by atoms with Crippen molar-refractivity contribution < 1.29 is 17.3 Å². The molecule has 0 heterocycles. The van der Waals surface area contributed by atoms with E-state index in [0.717, 1.165) is 6.26 Å². The van der Waals surface area contributed by atoms with Gasteiger partial charge in [-0.05, 0) is 29.8 Å². The Morgan fingerprint density at radius 1 is 1.04 bits per heavy atom. The maximum atomic E-state index is 10.9. The summed E-state index contributed by atoms with van der Waals surface area (Å²) in [5.74, 6) is 0.742. The van der Waals surface area contributed by atoms with E-state index in [2.05, 4.69) is 0 Å². The monoisotopic (exact) mass is 328 g/mol. The fraction of sp³-hybridized carbons (Fsp3) is 0.125. The number of hydrogen-bond donors (Lipinski definition) is 0. The van der Waals surface area contributed by atoms with Crippen LogP contribution in [0.2, 0.25) is 0 Å². The van der Waals surface area contributed by atoms with Gasteiger partial charge in [-0.15, -0.1) is 0 Å². The van der Waals surface area contributed by atoms with E-state index in [1.165, 1.54) is 6.07 Å². The minimum Gasteiger partial charge on any atom is -0.456 e. The summed E-state index contributed by atoms with van der Waals surface area (Å²) in [6.07, 6.45) is 0.982. The number of nitriles is 2. The molecular formula is C16H12N2O4S. The lowest BCUT2D eigenvalue weighted by atomic mass is 10.1. The third kappa shape index (κ3) is 4.55. The average molecular weight is 328 g/mol. The highest BCUT2D eigenvalue weighted by atomic mass is 32.2. The first-order valence-corrected chi connectivity index (χ1v) is 8.29. The number of nitrogens with zero attached hydrogens (tertiary/aromatic N) is 2. The Balaban J connectivity index is 2.16. The first-order chi connectivity index (χ1) is 10.9. The molecule has 116 valence electrons. The third-order valence-corrected chi connectivity index (χ3v) is 3.40. The lowest BCUT2D eigenvalue weighted by Gasteiger charge is -2.09. The van der Waals surface area contributed by atoms with Crippen LogP contribution in [0.1, 0.15) is 16.7 Å². The smallest absolute Gasteiger partial charge is 0.264 e. The molecule has 0 aliphatic heterocycles. The van der Waals surface area contributed by atoms with Gasteiger partial charge in [-0.1, -0.05) is 18.2 Å². The Morgan fingerprint density at radius 3 is 2.30 bits per heavy atom. The van der Waals surface area contributed by atoms with Crippen LogP contribution in [0, 0.1) is 22.7 Å². The molecule has 0 spiro atoms. The maximum absolute atomic E-state index is 10.9. The van der Waals surface area contributed by atoms with E-state index in [9.17, 15) is 8.42 Å². The van der Waals surface area contributed by atoms with E-state index >= 15 is 0 Å². The molecule has 7 heteroatoms. The second-order valence-corrected chi connectivity index (χ2v) is 6.26. The highest BCUT2D eigenvalue weighted by molar-refractivity contribution is 7.85. The highest BCUT2D eigenvalue weighted by Gasteiger charge is 2.10. The van der Waals surface area contributed by atoms with Crippen LogP contribution in [-0.4, -0.2) is 14.7 Å². The third-order valence-electron chi connectivity index (χ3n) is 2.85. The van der Waals surface area contributed by atoms with Gasteiger partial charge in [0.1, 0.15) is 29.2 Å². The molecule has 0 radical (unpaired) electrons. The molecule has 0 saturated carbocycles. The van der Waals surface area contributed by atoms with Crippen LogP contribution in [0.4, 0.5) is 0 Å². The standard InChI is InChI=1S/C16H12N2O4S/c1-23(19,20)21-11-12-5-7-14(8-6-12)22-16-4-2-3-13(9-17)15(16)10-18/h2-8H,11H2,1H3. The van der Waals surface area contributed by atoms with Crippen molar-refractivity contribution in [3.63, 3.8) is 0 Å². The molecule has 2 aromatic carbocycles. The van der Waals surface area contributed by atoms with Crippen molar-refractivity contribution >= 4 is 10.1 Å². The molecule has 0 atom stereocenters. The van der Waals surface area contributed by atoms with Gasteiger partial charge in [-0.3, -0.25) is 4.18 Å². The van der Waals surface area contributed by atoms with E-state index in [-0.39, 0.29) is 23.5 Å². The fourth-order valence-corrected chi connectivity index (χ4v) is 2.13. The van der Waals surface area contributed by atoms with Gasteiger partial charge in [0.25, 0.3) is 10.1 Å². The normalized spacial score (nSPS) is 10.6. The van der Waals surface area contributed by atoms with Crippen LogP contribution >= 0.6 is 0 Å². The summed E-state index contributed by atoms with van der Waals surface area (Å²) in [7, 11) is -3.50. The minimum absolute atomic E-state index is 0.0630. The van der Waals surface area contributed by atoms with Crippen LogP contribution in [-0.2, 0) is 20.9 Å². The quantitative estimate of drug-likeness (QED) is 0.782. The first-order valence-electron chi connectivity index (χ1n) is 6.47. The summed E-state index contributed by atoms with van der Waals surface area (Å²) in [4.78, 5) is 0. The van der Waals surface area contributed by atoms with Crippen molar-refractivity contribution in [3.8, 4) is 23.6 Å². The zero-order chi connectivity index (χ0) is 16.9. The van der Waals surface area contributed by atoms with Crippen LogP contribution in [0.25, 0.3) is 0 Å². The Morgan fingerprint density at radius 2 is 1.74 bits per heavy atom. The average Bonchev–Trinajstić information content (AvgIpc) is 2.53. The van der Waals surface area contributed by atoms with E-state index in [1.54, 1.807) is 36.4 Å². The van der Waals surface area contributed by atoms with Gasteiger partial charge < -0.3 is 4.74 Å². The van der Waals surface area contributed by atoms with Crippen molar-refractivity contribution in [1.82, 2.24) is 0 Å². The van der Waals surface area contributed by atoms with Crippen molar-refractivity contribution in [2.24, 2.45) is 0 Å². The molecule has 0 aromatic heterocycles. The van der Waals surface area contributed by atoms with E-state index in [1.807, 2.05) is 12.1 Å². The van der Waals surface area contributed by atoms with Crippen molar-refractivity contribution in [1.29, 1.82) is 10.5 Å². The van der Waals surface area contributed by atoms with Gasteiger partial charge in [0.05, 0.1) is 18.4 Å². The molecule has 0 aliphatic rings. The first kappa shape index (κ1) is 16.5. The van der Waals surface area contributed by atoms with Crippen molar-refractivity contribution in [2.75, 3.05) is 6.26 Å². The number of benzene rings is 2. The molecule has 6 nitrogen and oxygen atoms in total. The van der Waals surface area contributed by atoms with E-state index in [0.29, 0.717) is 11.3 Å². The SMILES string of the molecule is CS(=O)(=O)OCc1ccc(Oc2cccc(C#N)c2C#N)cc1. The summed E-state index contributed by atoms with van der Waals surface area (Å²) in [5.41, 5.74) is 1.07. The van der Waals surface area contributed by atoms with Crippen LogP contribution in [0.15, 0.2) is 42.5 Å². The van der Waals surface area contributed by atoms with Crippen LogP contribution < -0.4 is 4.74 Å². The number of ether oxygens (including phenoxy) is 1. The predicted molar refractivity (Wildman–Crippen MR) is 82.0 cm³/mol. The maximum Gasteiger partial charge on any atom is 0.264 e. The Kier molecular flexibility index (Phi) is 4.97. The zero-order valence-corrected chi connectivity index (χ0v) is 13.0. The molecule has 0 N–H and O–H groups in total. The molecular weight excluding hydrogens is 316 g/mol. The molecule has 2 rings (SSSR count). The second kappa shape index (κ2) is 6.93. The summed E-state index contributed by atoms with van der Waals surface area (Å²) in [6, 6.07) is 15.2. The van der Waals surface area contributed by atoms with Gasteiger partial charge in [0.15, 0.2) is 0 Å². The molecule has 0 aliphatic carbocycles. The summed E-state index contributed by atoms with van der Waals surface area (Å²) >= 11 is 0. The van der Waals surface area contributed by atoms with Gasteiger partial charge in [0.2, 0.25) is 0 Å². The lowest BCUT2D eigenvalue weighted by molar-refractivity contribution is 0.311. The lowest BCUT2D eigenvalue weighted by Crippen LogP contribution is -2.02. The Bertz CT molecular complexity index is 891. The van der Waals surface area contributed by atoms with Crippen LogP contribution in [0.5, 0.6) is 11.5 Å². The molecule has 0 fully saturated rings. The largest absolute Gasteiger partial charge is 0.456 e. The molecule has 0 bridgehead atoms. The molecule has 23 heavy (non-hydrogen) atoms. The Hall–Kier alpha value is -2.87. The molecule has 0 saturated heterocycles. The summed E-state index contributed by atoms with van der Waals surface area (Å²) in [5, 5.41) is 18.1. The van der Waals surface area contributed by atoms with Gasteiger partial charge >= 0.3 is 0 Å². The molecule has 0 unspecified atom stereocenters. The Labute approximate surface area is 134 Å². The number of hydrogen-bond acceptors (Lipinski definition) is 6. The van der Waals surface area contributed by atoms with Gasteiger partial charge in [-0.25, -0.2) is 0 Å². The van der Waals surface area contributed by atoms with Crippen LogP contribution in [0.3, 0.4) is 0 Å². The van der Waals surface area contributed by atoms with Gasteiger partial charge in [0, 0.05) is 0 Å². The fourth-order valence-electron chi connectivity index (χ4n) is 1.78. The van der Waals surface area contributed by atoms with Gasteiger partial charge in [-0.2, -0.15) is 18.9 Å². The highest BCUT2D eigenvalue weighted by Crippen LogP contribution is 2.27. The zero-order valence-electron chi connectivity index (χ0n) is 12.2. The summed E-state index contributed by atoms with van der Waals surface area (Å²) < 4.78 is 32.2. The topological polar surface area (TPSA) is 100 Å². The minimum atomic E-state index is -3.50. The number of rotatable bonds is 5. The summed E-state index contributed by atoms with van der Waals surface area (Å²) in [6.45, 7) is -0.0630. The van der Waals surface area contributed by atoms with Crippen molar-refractivity contribution in [3.05, 3.63) is 59.2 Å². The van der Waals surface area contributed by atoms with Crippen molar-refractivity contribution in [2.45, 2.75) is 6.61 Å². The molecule has 0 amide bonds. The van der Waals surface area contributed by atoms with E-state index in [4.69, 9.17) is 19.4 Å².